The molecule has 0 fully saturated rings. The van der Waals surface area contributed by atoms with Crippen LogP contribution in [-0.4, -0.2) is 7.11 Å². The third kappa shape index (κ3) is 2.71. The third-order valence-corrected chi connectivity index (χ3v) is 5.29. The molecule has 0 radical (unpaired) electrons. The van der Waals surface area contributed by atoms with Gasteiger partial charge in [0.1, 0.15) is 5.75 Å². The first-order valence-corrected chi connectivity index (χ1v) is 9.29. The van der Waals surface area contributed by atoms with Crippen molar-refractivity contribution in [3.05, 3.63) is 76.8 Å². The second-order valence-corrected chi connectivity index (χ2v) is 7.10. The quantitative estimate of drug-likeness (QED) is 0.342. The van der Waals surface area contributed by atoms with Crippen molar-refractivity contribution in [2.24, 2.45) is 0 Å². The molecule has 25 heavy (non-hydrogen) atoms. The molecule has 0 aromatic heterocycles. The van der Waals surface area contributed by atoms with E-state index in [0.717, 1.165) is 16.6 Å². The molecule has 0 aliphatic heterocycles. The molecule has 0 N–H and O–H groups in total. The summed E-state index contributed by atoms with van der Waals surface area (Å²) in [6.07, 6.45) is 0.934. The highest BCUT2D eigenvalue weighted by molar-refractivity contribution is 9.10. The summed E-state index contributed by atoms with van der Waals surface area (Å²) >= 11 is 3.61. The molecule has 0 aliphatic rings. The molecule has 0 atom stereocenters. The van der Waals surface area contributed by atoms with E-state index in [1.807, 2.05) is 0 Å². The summed E-state index contributed by atoms with van der Waals surface area (Å²) in [6, 6.07) is 23.7. The minimum atomic E-state index is 0.934. The van der Waals surface area contributed by atoms with Crippen LogP contribution in [0.1, 0.15) is 12.5 Å². The minimum absolute atomic E-state index is 0.934. The largest absolute Gasteiger partial charge is 0.496 e. The number of fused-ring (bicyclic) bond motifs is 3. The molecule has 4 aromatic rings. The Morgan fingerprint density at radius 3 is 2.24 bits per heavy atom. The van der Waals surface area contributed by atoms with Crippen LogP contribution in [0.25, 0.3) is 32.7 Å². The molecule has 124 valence electrons. The molecule has 4 rings (SSSR count). The second kappa shape index (κ2) is 6.53. The maximum Gasteiger partial charge on any atom is 0.130 e. The summed E-state index contributed by atoms with van der Waals surface area (Å²) in [6.45, 7) is 2.19. The van der Waals surface area contributed by atoms with Gasteiger partial charge in [-0.3, -0.25) is 0 Å². The number of hydrogen-bond acceptors (Lipinski definition) is 1. The predicted molar refractivity (Wildman–Crippen MR) is 111 cm³/mol. The lowest BCUT2D eigenvalue weighted by Gasteiger charge is -2.16. The number of methoxy groups -OCH3 is 1. The van der Waals surface area contributed by atoms with E-state index in [2.05, 4.69) is 89.6 Å². The number of ether oxygens (including phenoxy) is 1. The van der Waals surface area contributed by atoms with Gasteiger partial charge in [-0.25, -0.2) is 0 Å². The molecule has 0 amide bonds. The SMILES string of the molecule is CCc1c(OC)c2ccc(Br)cc2c2ccc(-c3ccccc3)cc12. The van der Waals surface area contributed by atoms with Crippen LogP contribution in [0.3, 0.4) is 0 Å². The maximum absolute atomic E-state index is 5.83. The van der Waals surface area contributed by atoms with Crippen molar-refractivity contribution in [2.75, 3.05) is 7.11 Å². The van der Waals surface area contributed by atoms with E-state index in [-0.39, 0.29) is 0 Å². The molecule has 0 heterocycles. The van der Waals surface area contributed by atoms with Crippen molar-refractivity contribution in [3.8, 4) is 16.9 Å². The highest BCUT2D eigenvalue weighted by Crippen LogP contribution is 2.40. The van der Waals surface area contributed by atoms with Gasteiger partial charge < -0.3 is 4.74 Å². The van der Waals surface area contributed by atoms with Gasteiger partial charge in [0.05, 0.1) is 7.11 Å². The molecule has 0 bridgehead atoms. The van der Waals surface area contributed by atoms with Gasteiger partial charge in [-0.2, -0.15) is 0 Å². The monoisotopic (exact) mass is 390 g/mol. The van der Waals surface area contributed by atoms with E-state index >= 15 is 0 Å². The Bertz CT molecular complexity index is 1070. The van der Waals surface area contributed by atoms with Gasteiger partial charge in [-0.1, -0.05) is 65.3 Å². The van der Waals surface area contributed by atoms with E-state index in [4.69, 9.17) is 4.74 Å². The average molecular weight is 391 g/mol. The van der Waals surface area contributed by atoms with Gasteiger partial charge in [0.25, 0.3) is 0 Å². The van der Waals surface area contributed by atoms with Crippen molar-refractivity contribution in [1.82, 2.24) is 0 Å². The Balaban J connectivity index is 2.12. The van der Waals surface area contributed by atoms with Crippen molar-refractivity contribution in [1.29, 1.82) is 0 Å². The highest BCUT2D eigenvalue weighted by atomic mass is 79.9. The lowest BCUT2D eigenvalue weighted by molar-refractivity contribution is 0.416. The van der Waals surface area contributed by atoms with Crippen molar-refractivity contribution >= 4 is 37.5 Å². The molecule has 0 unspecified atom stereocenters. The van der Waals surface area contributed by atoms with Crippen molar-refractivity contribution < 1.29 is 4.74 Å². The molecule has 0 aliphatic carbocycles. The molecule has 1 nitrogen and oxygen atoms in total. The normalized spacial score (nSPS) is 11.2. The fourth-order valence-electron chi connectivity index (χ4n) is 3.65. The summed E-state index contributed by atoms with van der Waals surface area (Å²) in [5, 5.41) is 4.93. The van der Waals surface area contributed by atoms with E-state index in [9.17, 15) is 0 Å². The van der Waals surface area contributed by atoms with Gasteiger partial charge in [0.2, 0.25) is 0 Å². The number of rotatable bonds is 3. The zero-order valence-electron chi connectivity index (χ0n) is 14.3. The second-order valence-electron chi connectivity index (χ2n) is 6.18. The Kier molecular flexibility index (Phi) is 4.22. The van der Waals surface area contributed by atoms with E-state index in [0.29, 0.717) is 0 Å². The van der Waals surface area contributed by atoms with Crippen LogP contribution in [0.5, 0.6) is 5.75 Å². The van der Waals surface area contributed by atoms with E-state index in [1.165, 1.54) is 38.2 Å². The Morgan fingerprint density at radius 1 is 0.760 bits per heavy atom. The van der Waals surface area contributed by atoms with Gasteiger partial charge in [-0.15, -0.1) is 0 Å². The number of benzene rings is 4. The van der Waals surface area contributed by atoms with Crippen molar-refractivity contribution in [3.63, 3.8) is 0 Å². The lowest BCUT2D eigenvalue weighted by atomic mass is 9.92. The fraction of sp³-hybridized carbons (Fsp3) is 0.130. The summed E-state index contributed by atoms with van der Waals surface area (Å²) in [7, 11) is 1.77. The number of aryl methyl sites for hydroxylation is 1. The molecule has 0 spiro atoms. The number of halogens is 1. The minimum Gasteiger partial charge on any atom is -0.496 e. The zero-order chi connectivity index (χ0) is 17.4. The van der Waals surface area contributed by atoms with Crippen molar-refractivity contribution in [2.45, 2.75) is 13.3 Å². The zero-order valence-corrected chi connectivity index (χ0v) is 15.9. The van der Waals surface area contributed by atoms with Crippen LogP contribution >= 0.6 is 15.9 Å². The molecular formula is C23H19BrO. The lowest BCUT2D eigenvalue weighted by Crippen LogP contribution is -1.95. The van der Waals surface area contributed by atoms with Gasteiger partial charge in [-0.05, 0) is 58.0 Å². The van der Waals surface area contributed by atoms with E-state index < -0.39 is 0 Å². The molecule has 4 aromatic carbocycles. The standard InChI is InChI=1S/C23H19BrO/c1-3-18-21-13-16(15-7-5-4-6-8-15)9-11-19(21)22-14-17(24)10-12-20(22)23(18)25-2/h4-14H,3H2,1-2H3. The van der Waals surface area contributed by atoms with Gasteiger partial charge >= 0.3 is 0 Å². The first kappa shape index (κ1) is 16.2. The summed E-state index contributed by atoms with van der Waals surface area (Å²) in [5.74, 6) is 0.989. The van der Waals surface area contributed by atoms with Crippen LogP contribution in [-0.2, 0) is 6.42 Å². The Labute approximate surface area is 156 Å². The number of hydrogen-bond donors (Lipinski definition) is 0. The van der Waals surface area contributed by atoms with Gasteiger partial charge in [0.15, 0.2) is 0 Å². The summed E-state index contributed by atoms with van der Waals surface area (Å²) in [4.78, 5) is 0. The molecule has 2 heteroatoms. The summed E-state index contributed by atoms with van der Waals surface area (Å²) in [5.41, 5.74) is 3.74. The Hall–Kier alpha value is -2.32. The average Bonchev–Trinajstić information content (AvgIpc) is 2.67. The van der Waals surface area contributed by atoms with Crippen LogP contribution in [0.4, 0.5) is 0 Å². The third-order valence-electron chi connectivity index (χ3n) is 4.80. The molecule has 0 saturated heterocycles. The fourth-order valence-corrected chi connectivity index (χ4v) is 4.01. The summed E-state index contributed by atoms with van der Waals surface area (Å²) < 4.78 is 6.91. The first-order valence-electron chi connectivity index (χ1n) is 8.50. The smallest absolute Gasteiger partial charge is 0.130 e. The van der Waals surface area contributed by atoms with Crippen LogP contribution < -0.4 is 4.74 Å². The van der Waals surface area contributed by atoms with Gasteiger partial charge in [0, 0.05) is 15.4 Å². The first-order chi connectivity index (χ1) is 12.2. The topological polar surface area (TPSA) is 9.23 Å². The Morgan fingerprint density at radius 2 is 1.52 bits per heavy atom. The highest BCUT2D eigenvalue weighted by Gasteiger charge is 2.15. The predicted octanol–water partition coefficient (Wildman–Crippen LogP) is 6.99. The van der Waals surface area contributed by atoms with Crippen LogP contribution in [0.15, 0.2) is 71.2 Å². The maximum atomic E-state index is 5.83. The van der Waals surface area contributed by atoms with E-state index in [1.54, 1.807) is 7.11 Å². The molecular weight excluding hydrogens is 372 g/mol. The van der Waals surface area contributed by atoms with Crippen LogP contribution in [0, 0.1) is 0 Å². The van der Waals surface area contributed by atoms with Crippen LogP contribution in [0.2, 0.25) is 0 Å². The molecule has 0 saturated carbocycles.